The molecule has 2 rings (SSSR count). The van der Waals surface area contributed by atoms with Crippen molar-refractivity contribution in [3.05, 3.63) is 35.4 Å². The molecule has 0 saturated carbocycles. The first kappa shape index (κ1) is 16.5. The summed E-state index contributed by atoms with van der Waals surface area (Å²) in [6.45, 7) is 10.9. The van der Waals surface area contributed by atoms with E-state index in [1.165, 1.54) is 6.07 Å². The molecule has 1 aromatic carbocycles. The van der Waals surface area contributed by atoms with Crippen LogP contribution in [0, 0.1) is 31.5 Å². The van der Waals surface area contributed by atoms with Gasteiger partial charge in [0.1, 0.15) is 0 Å². The Labute approximate surface area is 131 Å². The number of hydrogen-bond donors (Lipinski definition) is 1. The monoisotopic (exact) mass is 304 g/mol. The molecule has 1 N–H and O–H groups in total. The van der Waals surface area contributed by atoms with Gasteiger partial charge in [0, 0.05) is 11.3 Å². The van der Waals surface area contributed by atoms with Crippen LogP contribution in [0.2, 0.25) is 0 Å². The standard InChI is InChI=1S/C18H25FN2O/c1-11(2)8-12(3)10-22-17-7-6-15(9-16(17)19)18-13(4)20-21-14(18)5/h6-7,9,11-12H,8,10H2,1-5H3,(H,20,21). The maximum Gasteiger partial charge on any atom is 0.165 e. The van der Waals surface area contributed by atoms with E-state index < -0.39 is 0 Å². The van der Waals surface area contributed by atoms with Gasteiger partial charge in [0.05, 0.1) is 12.3 Å². The van der Waals surface area contributed by atoms with Gasteiger partial charge in [-0.3, -0.25) is 5.10 Å². The summed E-state index contributed by atoms with van der Waals surface area (Å²) in [6, 6.07) is 5.11. The Hall–Kier alpha value is -1.84. The Balaban J connectivity index is 2.10. The third-order valence-electron chi connectivity index (χ3n) is 3.75. The fraction of sp³-hybridized carbons (Fsp3) is 0.500. The Morgan fingerprint density at radius 2 is 1.95 bits per heavy atom. The molecular weight excluding hydrogens is 279 g/mol. The summed E-state index contributed by atoms with van der Waals surface area (Å²) in [7, 11) is 0. The van der Waals surface area contributed by atoms with Crippen LogP contribution in [0.5, 0.6) is 5.75 Å². The summed E-state index contributed by atoms with van der Waals surface area (Å²) in [6.07, 6.45) is 1.08. The number of hydrogen-bond acceptors (Lipinski definition) is 2. The average molecular weight is 304 g/mol. The number of rotatable bonds is 6. The van der Waals surface area contributed by atoms with E-state index in [0.29, 0.717) is 24.2 Å². The fourth-order valence-corrected chi connectivity index (χ4v) is 2.85. The van der Waals surface area contributed by atoms with Crippen molar-refractivity contribution in [3.63, 3.8) is 0 Å². The third-order valence-corrected chi connectivity index (χ3v) is 3.75. The van der Waals surface area contributed by atoms with Crippen LogP contribution in [-0.4, -0.2) is 16.8 Å². The van der Waals surface area contributed by atoms with Gasteiger partial charge in [-0.1, -0.05) is 26.8 Å². The highest BCUT2D eigenvalue weighted by Crippen LogP contribution is 2.29. The second-order valence-corrected chi connectivity index (χ2v) is 6.50. The summed E-state index contributed by atoms with van der Waals surface area (Å²) in [5.74, 6) is 1.03. The van der Waals surface area contributed by atoms with Crippen molar-refractivity contribution in [1.29, 1.82) is 0 Å². The molecule has 1 heterocycles. The number of nitrogens with one attached hydrogen (secondary N) is 1. The van der Waals surface area contributed by atoms with Crippen LogP contribution in [0.25, 0.3) is 11.1 Å². The molecule has 0 aliphatic carbocycles. The van der Waals surface area contributed by atoms with Gasteiger partial charge in [-0.15, -0.1) is 0 Å². The number of benzene rings is 1. The van der Waals surface area contributed by atoms with Crippen molar-refractivity contribution < 1.29 is 9.13 Å². The highest BCUT2D eigenvalue weighted by Gasteiger charge is 2.13. The zero-order chi connectivity index (χ0) is 16.3. The molecule has 0 bridgehead atoms. The second kappa shape index (κ2) is 6.95. The Kier molecular flexibility index (Phi) is 5.22. The molecule has 1 atom stereocenters. The van der Waals surface area contributed by atoms with E-state index in [1.54, 1.807) is 6.07 Å². The van der Waals surface area contributed by atoms with E-state index in [0.717, 1.165) is 28.9 Å². The lowest BCUT2D eigenvalue weighted by molar-refractivity contribution is 0.230. The molecule has 4 heteroatoms. The minimum absolute atomic E-state index is 0.318. The van der Waals surface area contributed by atoms with E-state index >= 15 is 0 Å². The molecular formula is C18H25FN2O. The molecule has 0 radical (unpaired) electrons. The number of aromatic amines is 1. The SMILES string of the molecule is Cc1n[nH]c(C)c1-c1ccc(OCC(C)CC(C)C)c(F)c1. The van der Waals surface area contributed by atoms with Crippen LogP contribution < -0.4 is 4.74 Å². The Morgan fingerprint density at radius 1 is 1.23 bits per heavy atom. The normalized spacial score (nSPS) is 12.7. The van der Waals surface area contributed by atoms with Crippen LogP contribution in [-0.2, 0) is 0 Å². The lowest BCUT2D eigenvalue weighted by Crippen LogP contribution is -2.11. The van der Waals surface area contributed by atoms with Crippen molar-refractivity contribution in [2.45, 2.75) is 41.0 Å². The number of aryl methyl sites for hydroxylation is 2. The summed E-state index contributed by atoms with van der Waals surface area (Å²) in [4.78, 5) is 0. The highest BCUT2D eigenvalue weighted by molar-refractivity contribution is 5.68. The third kappa shape index (κ3) is 3.87. The average Bonchev–Trinajstić information content (AvgIpc) is 2.76. The van der Waals surface area contributed by atoms with Gasteiger partial charge in [0.25, 0.3) is 0 Å². The smallest absolute Gasteiger partial charge is 0.165 e. The molecule has 0 aliphatic heterocycles. The first-order chi connectivity index (χ1) is 10.4. The number of ether oxygens (including phenoxy) is 1. The van der Waals surface area contributed by atoms with E-state index in [4.69, 9.17) is 4.74 Å². The zero-order valence-corrected chi connectivity index (χ0v) is 14.0. The van der Waals surface area contributed by atoms with E-state index in [1.807, 2.05) is 19.9 Å². The molecule has 0 spiro atoms. The molecule has 0 aliphatic rings. The number of nitrogens with zero attached hydrogens (tertiary/aromatic N) is 1. The lowest BCUT2D eigenvalue weighted by Gasteiger charge is -2.15. The zero-order valence-electron chi connectivity index (χ0n) is 14.0. The second-order valence-electron chi connectivity index (χ2n) is 6.50. The van der Waals surface area contributed by atoms with Crippen LogP contribution in [0.1, 0.15) is 38.6 Å². The molecule has 0 saturated heterocycles. The molecule has 3 nitrogen and oxygen atoms in total. The summed E-state index contributed by atoms with van der Waals surface area (Å²) in [5.41, 5.74) is 3.59. The van der Waals surface area contributed by atoms with Gasteiger partial charge < -0.3 is 4.74 Å². The minimum atomic E-state index is -0.325. The van der Waals surface area contributed by atoms with Crippen LogP contribution in [0.15, 0.2) is 18.2 Å². The number of H-pyrrole nitrogens is 1. The van der Waals surface area contributed by atoms with Crippen LogP contribution >= 0.6 is 0 Å². The van der Waals surface area contributed by atoms with E-state index in [9.17, 15) is 4.39 Å². The molecule has 22 heavy (non-hydrogen) atoms. The predicted octanol–water partition coefficient (Wildman–Crippen LogP) is 4.89. The first-order valence-corrected chi connectivity index (χ1v) is 7.82. The largest absolute Gasteiger partial charge is 0.490 e. The van der Waals surface area contributed by atoms with Crippen molar-refractivity contribution in [3.8, 4) is 16.9 Å². The van der Waals surface area contributed by atoms with Gasteiger partial charge >= 0.3 is 0 Å². The molecule has 120 valence electrons. The van der Waals surface area contributed by atoms with Crippen LogP contribution in [0.3, 0.4) is 0 Å². The molecule has 1 aromatic heterocycles. The van der Waals surface area contributed by atoms with Gasteiger partial charge in [0.15, 0.2) is 11.6 Å². The Morgan fingerprint density at radius 3 is 2.50 bits per heavy atom. The number of aromatic nitrogens is 2. The van der Waals surface area contributed by atoms with Gasteiger partial charge in [-0.05, 0) is 49.8 Å². The quantitative estimate of drug-likeness (QED) is 0.824. The first-order valence-electron chi connectivity index (χ1n) is 7.82. The fourth-order valence-electron chi connectivity index (χ4n) is 2.85. The van der Waals surface area contributed by atoms with Gasteiger partial charge in [-0.25, -0.2) is 4.39 Å². The lowest BCUT2D eigenvalue weighted by atomic mass is 10.00. The summed E-state index contributed by atoms with van der Waals surface area (Å²) in [5, 5.41) is 7.08. The van der Waals surface area contributed by atoms with E-state index in [2.05, 4.69) is 31.0 Å². The molecule has 1 unspecified atom stereocenters. The summed E-state index contributed by atoms with van der Waals surface area (Å²) >= 11 is 0. The molecule has 0 amide bonds. The van der Waals surface area contributed by atoms with Crippen molar-refractivity contribution in [2.24, 2.45) is 11.8 Å². The van der Waals surface area contributed by atoms with Crippen molar-refractivity contribution in [2.75, 3.05) is 6.61 Å². The summed E-state index contributed by atoms with van der Waals surface area (Å²) < 4.78 is 19.9. The van der Waals surface area contributed by atoms with Crippen LogP contribution in [0.4, 0.5) is 4.39 Å². The topological polar surface area (TPSA) is 37.9 Å². The molecule has 0 fully saturated rings. The Bertz CT molecular complexity index is 615. The highest BCUT2D eigenvalue weighted by atomic mass is 19.1. The van der Waals surface area contributed by atoms with Gasteiger partial charge in [0.2, 0.25) is 0 Å². The predicted molar refractivity (Wildman–Crippen MR) is 87.6 cm³/mol. The maximum absolute atomic E-state index is 14.3. The van der Waals surface area contributed by atoms with E-state index in [-0.39, 0.29) is 5.82 Å². The van der Waals surface area contributed by atoms with Crippen molar-refractivity contribution >= 4 is 0 Å². The maximum atomic E-state index is 14.3. The van der Waals surface area contributed by atoms with Crippen molar-refractivity contribution in [1.82, 2.24) is 10.2 Å². The van der Waals surface area contributed by atoms with Gasteiger partial charge in [-0.2, -0.15) is 5.10 Å². The number of halogens is 1. The minimum Gasteiger partial charge on any atom is -0.490 e. The molecule has 2 aromatic rings.